The summed E-state index contributed by atoms with van der Waals surface area (Å²) in [5.74, 6) is -0.609. The molecule has 3 heteroatoms. The van der Waals surface area contributed by atoms with Crippen LogP contribution in [0, 0.1) is 0 Å². The minimum absolute atomic E-state index is 0.234. The van der Waals surface area contributed by atoms with Crippen molar-refractivity contribution >= 4 is 0 Å². The molecule has 3 nitrogen and oxygen atoms in total. The van der Waals surface area contributed by atoms with Crippen LogP contribution in [-0.4, -0.2) is 21.9 Å². The zero-order valence-corrected chi connectivity index (χ0v) is 4.05. The standard InChI is InChI=1S/C4H8O3/c1-3(6)4(7)2-5/h5-7H,2H2,1H3. The number of hydrogen-bond acceptors (Lipinski definition) is 3. The van der Waals surface area contributed by atoms with Gasteiger partial charge in [0.15, 0.2) is 5.76 Å². The molecule has 0 aliphatic carbocycles. The number of aliphatic hydroxyl groups is 3. The highest BCUT2D eigenvalue weighted by atomic mass is 16.3. The molecule has 0 heterocycles. The van der Waals surface area contributed by atoms with Gasteiger partial charge in [0.05, 0.1) is 0 Å². The summed E-state index contributed by atoms with van der Waals surface area (Å²) in [5, 5.41) is 24.6. The second kappa shape index (κ2) is 2.47. The van der Waals surface area contributed by atoms with Crippen LogP contribution in [0.1, 0.15) is 6.92 Å². The van der Waals surface area contributed by atoms with Gasteiger partial charge in [-0.05, 0) is 6.92 Å². The van der Waals surface area contributed by atoms with Crippen molar-refractivity contribution in [1.29, 1.82) is 0 Å². The van der Waals surface area contributed by atoms with Crippen molar-refractivity contribution in [1.82, 2.24) is 0 Å². The van der Waals surface area contributed by atoms with Crippen LogP contribution < -0.4 is 0 Å². The van der Waals surface area contributed by atoms with Crippen LogP contribution in [-0.2, 0) is 0 Å². The monoisotopic (exact) mass is 104 g/mol. The highest BCUT2D eigenvalue weighted by Gasteiger charge is 1.91. The van der Waals surface area contributed by atoms with Crippen LogP contribution in [0.5, 0.6) is 0 Å². The van der Waals surface area contributed by atoms with Crippen molar-refractivity contribution in [3.63, 3.8) is 0 Å². The Balaban J connectivity index is 3.72. The molecule has 0 saturated carbocycles. The first kappa shape index (κ1) is 6.30. The molecule has 0 aliphatic heterocycles. The van der Waals surface area contributed by atoms with Crippen molar-refractivity contribution in [3.8, 4) is 0 Å². The largest absolute Gasteiger partial charge is 0.509 e. The first-order valence-electron chi connectivity index (χ1n) is 1.87. The van der Waals surface area contributed by atoms with E-state index in [9.17, 15) is 0 Å². The predicted octanol–water partition coefficient (Wildman–Crippen LogP) is 0.326. The summed E-state index contributed by atoms with van der Waals surface area (Å²) in [4.78, 5) is 0. The smallest absolute Gasteiger partial charge is 0.155 e. The quantitative estimate of drug-likeness (QED) is 0.420. The van der Waals surface area contributed by atoms with Gasteiger partial charge in [-0.1, -0.05) is 0 Å². The SMILES string of the molecule is CC(O)=C(O)CO. The molecular formula is C4H8O3. The molecule has 0 radical (unpaired) electrons. The molecule has 0 saturated heterocycles. The minimum Gasteiger partial charge on any atom is -0.509 e. The van der Waals surface area contributed by atoms with Gasteiger partial charge in [0.2, 0.25) is 0 Å². The Labute approximate surface area is 41.5 Å². The Morgan fingerprint density at radius 1 is 1.43 bits per heavy atom. The summed E-state index contributed by atoms with van der Waals surface area (Å²) in [5.41, 5.74) is 0. The van der Waals surface area contributed by atoms with Gasteiger partial charge in [-0.25, -0.2) is 0 Å². The number of aliphatic hydroxyl groups excluding tert-OH is 3. The fourth-order valence-corrected chi connectivity index (χ4v) is 0.114. The van der Waals surface area contributed by atoms with E-state index in [0.29, 0.717) is 0 Å². The van der Waals surface area contributed by atoms with Crippen LogP contribution in [0.2, 0.25) is 0 Å². The Hall–Kier alpha value is -0.700. The Morgan fingerprint density at radius 3 is 1.86 bits per heavy atom. The maximum atomic E-state index is 8.31. The number of rotatable bonds is 1. The normalized spacial score (nSPS) is 13.4. The molecule has 0 aliphatic rings. The highest BCUT2D eigenvalue weighted by molar-refractivity contribution is 4.93. The average molecular weight is 104 g/mol. The van der Waals surface area contributed by atoms with E-state index in [4.69, 9.17) is 15.3 Å². The lowest BCUT2D eigenvalue weighted by atomic mass is 10.4. The first-order valence-corrected chi connectivity index (χ1v) is 1.87. The van der Waals surface area contributed by atoms with Crippen LogP contribution in [0.15, 0.2) is 11.5 Å². The van der Waals surface area contributed by atoms with Crippen molar-refractivity contribution < 1.29 is 15.3 Å². The van der Waals surface area contributed by atoms with E-state index < -0.39 is 6.61 Å². The van der Waals surface area contributed by atoms with E-state index in [2.05, 4.69) is 0 Å². The molecule has 7 heavy (non-hydrogen) atoms. The molecule has 0 spiro atoms. The van der Waals surface area contributed by atoms with Gasteiger partial charge in [-0.15, -0.1) is 0 Å². The molecule has 0 atom stereocenters. The fourth-order valence-electron chi connectivity index (χ4n) is 0.114. The summed E-state index contributed by atoms with van der Waals surface area (Å²) < 4.78 is 0. The summed E-state index contributed by atoms with van der Waals surface area (Å²) in [7, 11) is 0. The van der Waals surface area contributed by atoms with Crippen molar-refractivity contribution in [2.45, 2.75) is 6.92 Å². The summed E-state index contributed by atoms with van der Waals surface area (Å²) in [6, 6.07) is 0. The topological polar surface area (TPSA) is 60.7 Å². The van der Waals surface area contributed by atoms with E-state index in [0.717, 1.165) is 0 Å². The van der Waals surface area contributed by atoms with Crippen LogP contribution in [0.25, 0.3) is 0 Å². The fraction of sp³-hybridized carbons (Fsp3) is 0.500. The first-order chi connectivity index (χ1) is 3.18. The molecule has 0 fully saturated rings. The summed E-state index contributed by atoms with van der Waals surface area (Å²) >= 11 is 0. The maximum absolute atomic E-state index is 8.31. The Kier molecular flexibility index (Phi) is 2.22. The molecule has 0 aromatic heterocycles. The average Bonchev–Trinajstić information content (AvgIpc) is 1.65. The van der Waals surface area contributed by atoms with Gasteiger partial charge < -0.3 is 15.3 Å². The summed E-state index contributed by atoms with van der Waals surface area (Å²) in [6.45, 7) is 0.799. The zero-order chi connectivity index (χ0) is 5.86. The van der Waals surface area contributed by atoms with Gasteiger partial charge in [0.25, 0.3) is 0 Å². The minimum atomic E-state index is -0.498. The molecule has 0 amide bonds. The molecular weight excluding hydrogens is 96.0 g/mol. The van der Waals surface area contributed by atoms with E-state index in [1.807, 2.05) is 0 Å². The third-order valence-corrected chi connectivity index (χ3v) is 0.567. The Morgan fingerprint density at radius 2 is 1.86 bits per heavy atom. The lowest BCUT2D eigenvalue weighted by Gasteiger charge is -1.91. The second-order valence-electron chi connectivity index (χ2n) is 1.19. The Bertz CT molecular complexity index is 80.9. The van der Waals surface area contributed by atoms with Gasteiger partial charge in [0, 0.05) is 0 Å². The third kappa shape index (κ3) is 2.05. The number of hydrogen-bond donors (Lipinski definition) is 3. The molecule has 0 unspecified atom stereocenters. The molecule has 0 bridgehead atoms. The van der Waals surface area contributed by atoms with Crippen LogP contribution in [0.3, 0.4) is 0 Å². The van der Waals surface area contributed by atoms with E-state index in [-0.39, 0.29) is 11.5 Å². The second-order valence-corrected chi connectivity index (χ2v) is 1.19. The molecule has 0 aromatic carbocycles. The van der Waals surface area contributed by atoms with Gasteiger partial charge >= 0.3 is 0 Å². The molecule has 42 valence electrons. The maximum Gasteiger partial charge on any atom is 0.155 e. The van der Waals surface area contributed by atoms with E-state index in [1.54, 1.807) is 0 Å². The summed E-state index contributed by atoms with van der Waals surface area (Å²) in [6.07, 6.45) is 0. The van der Waals surface area contributed by atoms with E-state index in [1.165, 1.54) is 6.92 Å². The molecule has 0 rings (SSSR count). The lowest BCUT2D eigenvalue weighted by molar-refractivity contribution is 0.228. The van der Waals surface area contributed by atoms with Gasteiger partial charge in [-0.2, -0.15) is 0 Å². The van der Waals surface area contributed by atoms with Gasteiger partial charge in [-0.3, -0.25) is 0 Å². The molecule has 3 N–H and O–H groups in total. The molecule has 0 aromatic rings. The number of allylic oxidation sites excluding steroid dienone is 1. The highest BCUT2D eigenvalue weighted by Crippen LogP contribution is 1.91. The van der Waals surface area contributed by atoms with Crippen molar-refractivity contribution in [2.24, 2.45) is 0 Å². The third-order valence-electron chi connectivity index (χ3n) is 0.567. The van der Waals surface area contributed by atoms with Gasteiger partial charge in [0.1, 0.15) is 12.4 Å². The van der Waals surface area contributed by atoms with E-state index >= 15 is 0 Å². The lowest BCUT2D eigenvalue weighted by Crippen LogP contribution is -1.91. The predicted molar refractivity (Wildman–Crippen MR) is 25.0 cm³/mol. The van der Waals surface area contributed by atoms with Crippen LogP contribution >= 0.6 is 0 Å². The van der Waals surface area contributed by atoms with Crippen LogP contribution in [0.4, 0.5) is 0 Å². The van der Waals surface area contributed by atoms with Crippen molar-refractivity contribution in [2.75, 3.05) is 6.61 Å². The zero-order valence-electron chi connectivity index (χ0n) is 4.05. The van der Waals surface area contributed by atoms with Crippen molar-refractivity contribution in [3.05, 3.63) is 11.5 Å².